The van der Waals surface area contributed by atoms with Crippen molar-refractivity contribution in [2.75, 3.05) is 63.9 Å². The topological polar surface area (TPSA) is 45.3 Å². The van der Waals surface area contributed by atoms with Crippen LogP contribution in [-0.2, 0) is 14.3 Å². The summed E-state index contributed by atoms with van der Waals surface area (Å²) in [5.74, 6) is -0.131. The number of piperidine rings is 1. The molecule has 3 fully saturated rings. The molecule has 1 amide bonds. The van der Waals surface area contributed by atoms with Gasteiger partial charge in [-0.2, -0.15) is 0 Å². The maximum atomic E-state index is 12.5. The van der Waals surface area contributed by atoms with Gasteiger partial charge in [0.05, 0.1) is 13.2 Å². The first-order valence-electron chi connectivity index (χ1n) is 9.82. The lowest BCUT2D eigenvalue weighted by Crippen LogP contribution is -2.49. The number of carbonyl (C=O) groups is 1. The molecule has 0 bridgehead atoms. The number of hydrogen-bond donors (Lipinski definition) is 0. The van der Waals surface area contributed by atoms with Crippen LogP contribution >= 0.6 is 0 Å². The highest BCUT2D eigenvalue weighted by molar-refractivity contribution is 5.76. The second kappa shape index (κ2) is 7.94. The fourth-order valence-electron chi connectivity index (χ4n) is 4.16. The number of carbonyl (C=O) groups excluding carboxylic acids is 1. The standard InChI is InChI=1S/C20H29N3O3/c24-19(23-10-7-20(8-11-23)25-16-17-26-20)6-9-21-12-14-22(15-13-21)18-4-2-1-3-5-18/h1-5H,6-17H2. The number of piperazine rings is 1. The lowest BCUT2D eigenvalue weighted by atomic mass is 10.0. The summed E-state index contributed by atoms with van der Waals surface area (Å²) in [5, 5.41) is 0. The molecular formula is C20H29N3O3. The van der Waals surface area contributed by atoms with Crippen molar-refractivity contribution in [1.82, 2.24) is 9.80 Å². The number of likely N-dealkylation sites (tertiary alicyclic amines) is 1. The monoisotopic (exact) mass is 359 g/mol. The molecule has 0 radical (unpaired) electrons. The smallest absolute Gasteiger partial charge is 0.223 e. The van der Waals surface area contributed by atoms with E-state index in [1.165, 1.54) is 5.69 Å². The van der Waals surface area contributed by atoms with E-state index < -0.39 is 5.79 Å². The Morgan fingerprint density at radius 1 is 0.923 bits per heavy atom. The van der Waals surface area contributed by atoms with Crippen molar-refractivity contribution in [2.24, 2.45) is 0 Å². The van der Waals surface area contributed by atoms with Gasteiger partial charge in [-0.15, -0.1) is 0 Å². The predicted octanol–water partition coefficient (Wildman–Crippen LogP) is 1.56. The third-order valence-corrected chi connectivity index (χ3v) is 5.83. The second-order valence-corrected chi connectivity index (χ2v) is 7.40. The van der Waals surface area contributed by atoms with Gasteiger partial charge in [0.1, 0.15) is 0 Å². The SMILES string of the molecule is O=C(CCN1CCN(c2ccccc2)CC1)N1CCC2(CC1)OCCO2. The van der Waals surface area contributed by atoms with E-state index in [1.807, 2.05) is 4.90 Å². The van der Waals surface area contributed by atoms with Crippen molar-refractivity contribution in [2.45, 2.75) is 25.0 Å². The van der Waals surface area contributed by atoms with Crippen LogP contribution in [-0.4, -0.2) is 80.5 Å². The molecule has 1 aromatic carbocycles. The van der Waals surface area contributed by atoms with Crippen LogP contribution in [0.25, 0.3) is 0 Å². The average Bonchev–Trinajstić information content (AvgIpc) is 3.16. The van der Waals surface area contributed by atoms with Crippen LogP contribution in [0.5, 0.6) is 0 Å². The predicted molar refractivity (Wildman–Crippen MR) is 100 cm³/mol. The van der Waals surface area contributed by atoms with Crippen LogP contribution in [0.1, 0.15) is 19.3 Å². The normalized spacial score (nSPS) is 23.5. The van der Waals surface area contributed by atoms with Crippen LogP contribution in [0, 0.1) is 0 Å². The van der Waals surface area contributed by atoms with Crippen molar-refractivity contribution in [3.05, 3.63) is 30.3 Å². The Hall–Kier alpha value is -1.63. The van der Waals surface area contributed by atoms with Gasteiger partial charge >= 0.3 is 0 Å². The number of ether oxygens (including phenoxy) is 2. The Bertz CT molecular complexity index is 586. The molecule has 1 spiro atoms. The van der Waals surface area contributed by atoms with Gasteiger partial charge in [-0.05, 0) is 12.1 Å². The third-order valence-electron chi connectivity index (χ3n) is 5.83. The summed E-state index contributed by atoms with van der Waals surface area (Å²) < 4.78 is 11.5. The minimum Gasteiger partial charge on any atom is -0.369 e. The third kappa shape index (κ3) is 4.03. The number of anilines is 1. The highest BCUT2D eigenvalue weighted by Crippen LogP contribution is 2.31. The van der Waals surface area contributed by atoms with Gasteiger partial charge in [-0.1, -0.05) is 18.2 Å². The van der Waals surface area contributed by atoms with Crippen molar-refractivity contribution in [1.29, 1.82) is 0 Å². The molecule has 142 valence electrons. The quantitative estimate of drug-likeness (QED) is 0.817. The first-order valence-corrected chi connectivity index (χ1v) is 9.82. The zero-order valence-corrected chi connectivity index (χ0v) is 15.4. The number of benzene rings is 1. The van der Waals surface area contributed by atoms with Gasteiger partial charge in [0, 0.05) is 70.8 Å². The summed E-state index contributed by atoms with van der Waals surface area (Å²) in [6.07, 6.45) is 2.21. The Morgan fingerprint density at radius 2 is 1.58 bits per heavy atom. The summed E-state index contributed by atoms with van der Waals surface area (Å²) in [7, 11) is 0. The molecular weight excluding hydrogens is 330 g/mol. The van der Waals surface area contributed by atoms with E-state index >= 15 is 0 Å². The molecule has 3 heterocycles. The Morgan fingerprint density at radius 3 is 2.23 bits per heavy atom. The summed E-state index contributed by atoms with van der Waals surface area (Å²) in [5.41, 5.74) is 1.29. The maximum absolute atomic E-state index is 12.5. The molecule has 3 aliphatic rings. The van der Waals surface area contributed by atoms with Crippen LogP contribution in [0.2, 0.25) is 0 Å². The number of amides is 1. The van der Waals surface area contributed by atoms with E-state index in [9.17, 15) is 4.79 Å². The first-order chi connectivity index (χ1) is 12.7. The summed E-state index contributed by atoms with van der Waals surface area (Å²) in [4.78, 5) is 19.3. The maximum Gasteiger partial charge on any atom is 0.223 e. The van der Waals surface area contributed by atoms with Crippen LogP contribution in [0.3, 0.4) is 0 Å². The zero-order chi connectivity index (χ0) is 17.8. The number of para-hydroxylation sites is 1. The van der Waals surface area contributed by atoms with Crippen molar-refractivity contribution in [3.63, 3.8) is 0 Å². The molecule has 3 saturated heterocycles. The van der Waals surface area contributed by atoms with Gasteiger partial charge in [0.25, 0.3) is 0 Å². The van der Waals surface area contributed by atoms with E-state index in [0.717, 1.165) is 58.7 Å². The van der Waals surface area contributed by atoms with Crippen LogP contribution in [0.4, 0.5) is 5.69 Å². The lowest BCUT2D eigenvalue weighted by molar-refractivity contribution is -0.187. The van der Waals surface area contributed by atoms with Crippen LogP contribution < -0.4 is 4.90 Å². The molecule has 6 heteroatoms. The number of rotatable bonds is 4. The number of hydrogen-bond acceptors (Lipinski definition) is 5. The molecule has 4 rings (SSSR count). The highest BCUT2D eigenvalue weighted by Gasteiger charge is 2.40. The van der Waals surface area contributed by atoms with Crippen molar-refractivity contribution in [3.8, 4) is 0 Å². The molecule has 3 aliphatic heterocycles. The van der Waals surface area contributed by atoms with Gasteiger partial charge in [0.2, 0.25) is 5.91 Å². The first kappa shape index (κ1) is 17.8. The molecule has 0 aromatic heterocycles. The van der Waals surface area contributed by atoms with Crippen molar-refractivity contribution >= 4 is 11.6 Å². The van der Waals surface area contributed by atoms with Crippen LogP contribution in [0.15, 0.2) is 30.3 Å². The molecule has 0 unspecified atom stereocenters. The number of nitrogens with zero attached hydrogens (tertiary/aromatic N) is 3. The fraction of sp³-hybridized carbons (Fsp3) is 0.650. The average molecular weight is 359 g/mol. The van der Waals surface area contributed by atoms with E-state index in [1.54, 1.807) is 0 Å². The van der Waals surface area contributed by atoms with E-state index in [-0.39, 0.29) is 5.91 Å². The largest absolute Gasteiger partial charge is 0.369 e. The van der Waals surface area contributed by atoms with Gasteiger partial charge in [0.15, 0.2) is 5.79 Å². The Balaban J connectivity index is 1.17. The van der Waals surface area contributed by atoms with Gasteiger partial charge < -0.3 is 19.3 Å². The lowest BCUT2D eigenvalue weighted by Gasteiger charge is -2.38. The van der Waals surface area contributed by atoms with E-state index in [0.29, 0.717) is 19.6 Å². The fourth-order valence-corrected chi connectivity index (χ4v) is 4.16. The second-order valence-electron chi connectivity index (χ2n) is 7.40. The molecule has 0 N–H and O–H groups in total. The minimum atomic E-state index is -0.398. The molecule has 1 aromatic rings. The molecule has 6 nitrogen and oxygen atoms in total. The van der Waals surface area contributed by atoms with Gasteiger partial charge in [-0.25, -0.2) is 0 Å². The molecule has 0 atom stereocenters. The Labute approximate surface area is 155 Å². The summed E-state index contributed by atoms with van der Waals surface area (Å²) in [6.45, 7) is 7.82. The zero-order valence-electron chi connectivity index (χ0n) is 15.4. The van der Waals surface area contributed by atoms with Crippen molar-refractivity contribution < 1.29 is 14.3 Å². The molecule has 0 saturated carbocycles. The van der Waals surface area contributed by atoms with E-state index in [4.69, 9.17) is 9.47 Å². The summed E-state index contributed by atoms with van der Waals surface area (Å²) in [6, 6.07) is 10.6. The highest BCUT2D eigenvalue weighted by atomic mass is 16.7. The van der Waals surface area contributed by atoms with Gasteiger partial charge in [-0.3, -0.25) is 9.69 Å². The van der Waals surface area contributed by atoms with E-state index in [2.05, 4.69) is 40.1 Å². The molecule has 0 aliphatic carbocycles. The Kier molecular flexibility index (Phi) is 5.43. The molecule has 26 heavy (non-hydrogen) atoms. The summed E-state index contributed by atoms with van der Waals surface area (Å²) >= 11 is 0. The minimum absolute atomic E-state index is 0.267.